The zero-order valence-corrected chi connectivity index (χ0v) is 22.8. The van der Waals surface area contributed by atoms with Crippen molar-refractivity contribution >= 4 is 41.7 Å². The van der Waals surface area contributed by atoms with Crippen LogP contribution in [0.15, 0.2) is 29.3 Å². The Morgan fingerprint density at radius 1 is 1.12 bits per heavy atom. The van der Waals surface area contributed by atoms with E-state index in [0.29, 0.717) is 18.6 Å². The normalized spacial score (nSPS) is 14.1. The van der Waals surface area contributed by atoms with Crippen LogP contribution in [0.1, 0.15) is 59.4 Å². The number of aliphatic imine (C=N–C) groups is 1. The third kappa shape index (κ3) is 9.94. The van der Waals surface area contributed by atoms with Gasteiger partial charge in [0.05, 0.1) is 6.54 Å². The van der Waals surface area contributed by atoms with E-state index in [1.807, 2.05) is 29.2 Å². The molecule has 0 aliphatic carbocycles. The molecule has 1 fully saturated rings. The molecule has 0 aromatic heterocycles. The average molecular weight is 559 g/mol. The third-order valence-electron chi connectivity index (χ3n) is 5.55. The van der Waals surface area contributed by atoms with Gasteiger partial charge in [0.25, 0.3) is 0 Å². The van der Waals surface area contributed by atoms with Crippen LogP contribution in [-0.2, 0) is 6.54 Å². The summed E-state index contributed by atoms with van der Waals surface area (Å²) in [5.41, 5.74) is 1.90. The summed E-state index contributed by atoms with van der Waals surface area (Å²) in [7, 11) is 0. The van der Waals surface area contributed by atoms with Crippen molar-refractivity contribution in [2.24, 2.45) is 4.99 Å². The number of halogens is 1. The number of carbonyl (C=O) groups is 1. The molecule has 0 spiro atoms. The van der Waals surface area contributed by atoms with Gasteiger partial charge in [0.1, 0.15) is 0 Å². The number of hydrogen-bond acceptors (Lipinski definition) is 3. The molecule has 3 N–H and O–H groups in total. The highest BCUT2D eigenvalue weighted by Gasteiger charge is 2.17. The summed E-state index contributed by atoms with van der Waals surface area (Å²) in [6, 6.07) is 9.05. The molecule has 1 aromatic carbocycles. The lowest BCUT2D eigenvalue weighted by Crippen LogP contribution is -2.41. The Kier molecular flexibility index (Phi) is 13.6. The lowest BCUT2D eigenvalue weighted by atomic mass is 10.2. The Morgan fingerprint density at radius 2 is 1.81 bits per heavy atom. The number of rotatable bonds is 10. The monoisotopic (exact) mass is 558 g/mol. The summed E-state index contributed by atoms with van der Waals surface area (Å²) in [5.74, 6) is 0.828. The quantitative estimate of drug-likeness (QED) is 0.171. The molecule has 1 aromatic rings. The molecule has 32 heavy (non-hydrogen) atoms. The van der Waals surface area contributed by atoms with Gasteiger partial charge < -0.3 is 20.9 Å². The van der Waals surface area contributed by atoms with Crippen LogP contribution in [-0.4, -0.2) is 66.6 Å². The molecule has 2 rings (SSSR count). The van der Waals surface area contributed by atoms with E-state index in [1.54, 1.807) is 0 Å². The number of amides is 2. The van der Waals surface area contributed by atoms with Crippen LogP contribution in [0.25, 0.3) is 0 Å². The Balaban J connectivity index is 0.00000512. The standard InChI is InChI=1S/C24H42N6O.HI/c1-6-25-23(26-13-10-16-30(19(2)3)20(4)5)27-18-21-11-9-12-22(17-21)28-24(31)29-14-7-8-15-29;/h9,11-12,17,19-20H,6-8,10,13-16,18H2,1-5H3,(H,28,31)(H2,25,26,27);1H. The van der Waals surface area contributed by atoms with Gasteiger partial charge in [0.15, 0.2) is 5.96 Å². The molecular formula is C24H43IN6O. The van der Waals surface area contributed by atoms with Gasteiger partial charge in [-0.15, -0.1) is 24.0 Å². The summed E-state index contributed by atoms with van der Waals surface area (Å²) in [6.07, 6.45) is 3.25. The highest BCUT2D eigenvalue weighted by atomic mass is 127. The minimum Gasteiger partial charge on any atom is -0.357 e. The van der Waals surface area contributed by atoms with Gasteiger partial charge in [-0.2, -0.15) is 0 Å². The van der Waals surface area contributed by atoms with Crippen molar-refractivity contribution in [3.05, 3.63) is 29.8 Å². The molecule has 182 valence electrons. The fraction of sp³-hybridized carbons (Fsp3) is 0.667. The molecule has 7 nitrogen and oxygen atoms in total. The maximum Gasteiger partial charge on any atom is 0.321 e. The lowest BCUT2D eigenvalue weighted by Gasteiger charge is -2.30. The van der Waals surface area contributed by atoms with Crippen molar-refractivity contribution in [1.29, 1.82) is 0 Å². The minimum atomic E-state index is -0.00926. The molecule has 0 unspecified atom stereocenters. The molecule has 8 heteroatoms. The van der Waals surface area contributed by atoms with E-state index in [2.05, 4.69) is 55.5 Å². The molecule has 2 amide bonds. The molecule has 0 bridgehead atoms. The van der Waals surface area contributed by atoms with E-state index < -0.39 is 0 Å². The number of likely N-dealkylation sites (tertiary alicyclic amines) is 1. The van der Waals surface area contributed by atoms with Gasteiger partial charge in [-0.3, -0.25) is 4.90 Å². The number of urea groups is 1. The van der Waals surface area contributed by atoms with E-state index in [0.717, 1.165) is 69.2 Å². The highest BCUT2D eigenvalue weighted by molar-refractivity contribution is 14.0. The summed E-state index contributed by atoms with van der Waals surface area (Å²) in [5, 5.41) is 9.77. The smallest absolute Gasteiger partial charge is 0.321 e. The second-order valence-corrected chi connectivity index (χ2v) is 8.73. The van der Waals surface area contributed by atoms with E-state index in [4.69, 9.17) is 4.99 Å². The number of guanidine groups is 1. The first-order valence-electron chi connectivity index (χ1n) is 11.8. The van der Waals surface area contributed by atoms with Crippen LogP contribution in [0.5, 0.6) is 0 Å². The predicted molar refractivity (Wildman–Crippen MR) is 146 cm³/mol. The number of nitrogens with one attached hydrogen (secondary N) is 3. The second-order valence-electron chi connectivity index (χ2n) is 8.73. The SMILES string of the molecule is CCNC(=NCc1cccc(NC(=O)N2CCCC2)c1)NCCCN(C(C)C)C(C)C.I. The number of hydrogen-bond donors (Lipinski definition) is 3. The first-order valence-corrected chi connectivity index (χ1v) is 11.8. The molecule has 1 saturated heterocycles. The molecule has 0 saturated carbocycles. The average Bonchev–Trinajstić information content (AvgIpc) is 3.26. The summed E-state index contributed by atoms with van der Waals surface area (Å²) in [6.45, 7) is 16.1. The van der Waals surface area contributed by atoms with Gasteiger partial charge in [0.2, 0.25) is 0 Å². The molecular weight excluding hydrogens is 515 g/mol. The maximum atomic E-state index is 12.3. The van der Waals surface area contributed by atoms with Crippen molar-refractivity contribution in [3.8, 4) is 0 Å². The van der Waals surface area contributed by atoms with E-state index in [1.165, 1.54) is 0 Å². The summed E-state index contributed by atoms with van der Waals surface area (Å²) >= 11 is 0. The topological polar surface area (TPSA) is 72.0 Å². The van der Waals surface area contributed by atoms with Crippen LogP contribution < -0.4 is 16.0 Å². The first-order chi connectivity index (χ1) is 14.9. The van der Waals surface area contributed by atoms with Crippen molar-refractivity contribution in [3.63, 3.8) is 0 Å². The van der Waals surface area contributed by atoms with E-state index in [-0.39, 0.29) is 30.0 Å². The number of anilines is 1. The third-order valence-corrected chi connectivity index (χ3v) is 5.55. The summed E-state index contributed by atoms with van der Waals surface area (Å²) in [4.78, 5) is 21.4. The first kappa shape index (κ1) is 28.5. The minimum absolute atomic E-state index is 0. The van der Waals surface area contributed by atoms with Crippen molar-refractivity contribution < 1.29 is 4.79 Å². The molecule has 1 aliphatic heterocycles. The van der Waals surface area contributed by atoms with Gasteiger partial charge in [0, 0.05) is 50.5 Å². The van der Waals surface area contributed by atoms with Crippen LogP contribution in [0.3, 0.4) is 0 Å². The second kappa shape index (κ2) is 15.3. The van der Waals surface area contributed by atoms with Gasteiger partial charge in [-0.25, -0.2) is 9.79 Å². The highest BCUT2D eigenvalue weighted by Crippen LogP contribution is 2.14. The zero-order valence-electron chi connectivity index (χ0n) is 20.5. The Hall–Kier alpha value is -1.55. The van der Waals surface area contributed by atoms with Crippen LogP contribution in [0, 0.1) is 0 Å². The van der Waals surface area contributed by atoms with E-state index in [9.17, 15) is 4.79 Å². The van der Waals surface area contributed by atoms with Crippen molar-refractivity contribution in [2.75, 3.05) is 38.0 Å². The fourth-order valence-corrected chi connectivity index (χ4v) is 3.96. The number of carbonyl (C=O) groups excluding carboxylic acids is 1. The molecule has 1 aliphatic rings. The molecule has 1 heterocycles. The maximum absolute atomic E-state index is 12.3. The molecule has 0 atom stereocenters. The fourth-order valence-electron chi connectivity index (χ4n) is 3.96. The van der Waals surface area contributed by atoms with Crippen molar-refractivity contribution in [2.45, 2.75) is 72.5 Å². The number of nitrogens with zero attached hydrogens (tertiary/aromatic N) is 3. The van der Waals surface area contributed by atoms with Gasteiger partial charge in [-0.1, -0.05) is 12.1 Å². The Labute approximate surface area is 211 Å². The molecule has 0 radical (unpaired) electrons. The summed E-state index contributed by atoms with van der Waals surface area (Å²) < 4.78 is 0. The van der Waals surface area contributed by atoms with Crippen LogP contribution >= 0.6 is 24.0 Å². The van der Waals surface area contributed by atoms with E-state index >= 15 is 0 Å². The zero-order chi connectivity index (χ0) is 22.6. The largest absolute Gasteiger partial charge is 0.357 e. The Morgan fingerprint density at radius 3 is 2.44 bits per heavy atom. The predicted octanol–water partition coefficient (Wildman–Crippen LogP) is 4.50. The lowest BCUT2D eigenvalue weighted by molar-refractivity contribution is 0.173. The number of benzene rings is 1. The van der Waals surface area contributed by atoms with Gasteiger partial charge in [-0.05, 0) is 71.6 Å². The van der Waals surface area contributed by atoms with Crippen LogP contribution in [0.2, 0.25) is 0 Å². The van der Waals surface area contributed by atoms with Crippen molar-refractivity contribution in [1.82, 2.24) is 20.4 Å². The Bertz CT molecular complexity index is 695. The van der Waals surface area contributed by atoms with Gasteiger partial charge >= 0.3 is 6.03 Å². The van der Waals surface area contributed by atoms with Crippen LogP contribution in [0.4, 0.5) is 10.5 Å².